The van der Waals surface area contributed by atoms with E-state index in [-0.39, 0.29) is 11.5 Å². The van der Waals surface area contributed by atoms with Gasteiger partial charge in [-0.3, -0.25) is 0 Å². The fraction of sp³-hybridized carbons (Fsp3) is 0.241. The van der Waals surface area contributed by atoms with Gasteiger partial charge in [0.15, 0.2) is 5.69 Å². The van der Waals surface area contributed by atoms with Crippen LogP contribution in [0.15, 0.2) is 93.7 Å². The SMILES string of the molecule is CCCCc1nc(Sc2ccccc2)c(C(=O)OCC)n1Cc1ccc(-c2ccccc2S(N)(=O)=O)cc1. The van der Waals surface area contributed by atoms with Gasteiger partial charge in [0.2, 0.25) is 10.0 Å². The number of hydrogen-bond acceptors (Lipinski definition) is 6. The van der Waals surface area contributed by atoms with Crippen LogP contribution in [0.4, 0.5) is 0 Å². The first-order valence-electron chi connectivity index (χ1n) is 12.5. The van der Waals surface area contributed by atoms with Gasteiger partial charge in [-0.15, -0.1) is 0 Å². The minimum atomic E-state index is -3.86. The smallest absolute Gasteiger partial charge is 0.357 e. The summed E-state index contributed by atoms with van der Waals surface area (Å²) in [6.07, 6.45) is 2.68. The molecule has 1 aromatic heterocycles. The largest absolute Gasteiger partial charge is 0.461 e. The Kier molecular flexibility index (Phi) is 9.04. The molecule has 7 nitrogen and oxygen atoms in total. The number of benzene rings is 3. The maximum absolute atomic E-state index is 13.2. The predicted molar refractivity (Wildman–Crippen MR) is 150 cm³/mol. The zero-order chi connectivity index (χ0) is 27.1. The van der Waals surface area contributed by atoms with Gasteiger partial charge in [-0.05, 0) is 42.7 Å². The number of unbranched alkanes of at least 4 members (excludes halogenated alkanes) is 1. The number of ether oxygens (including phenoxy) is 1. The van der Waals surface area contributed by atoms with Crippen molar-refractivity contribution in [3.63, 3.8) is 0 Å². The summed E-state index contributed by atoms with van der Waals surface area (Å²) in [7, 11) is -3.86. The molecule has 0 aliphatic carbocycles. The Bertz CT molecular complexity index is 1500. The van der Waals surface area contributed by atoms with Crippen LogP contribution in [0.25, 0.3) is 11.1 Å². The lowest BCUT2D eigenvalue weighted by Gasteiger charge is -2.13. The topological polar surface area (TPSA) is 104 Å². The van der Waals surface area contributed by atoms with Crippen LogP contribution >= 0.6 is 11.8 Å². The number of esters is 1. The van der Waals surface area contributed by atoms with Crippen LogP contribution in [0.2, 0.25) is 0 Å². The molecule has 0 aliphatic rings. The number of imidazole rings is 1. The van der Waals surface area contributed by atoms with Crippen LogP contribution in [-0.2, 0) is 27.7 Å². The van der Waals surface area contributed by atoms with Gasteiger partial charge in [0, 0.05) is 23.4 Å². The van der Waals surface area contributed by atoms with E-state index < -0.39 is 16.0 Å². The van der Waals surface area contributed by atoms with Gasteiger partial charge in [0.05, 0.1) is 11.5 Å². The second-order valence-corrected chi connectivity index (χ2v) is 11.3. The molecule has 0 fully saturated rings. The van der Waals surface area contributed by atoms with Crippen molar-refractivity contribution in [2.24, 2.45) is 5.14 Å². The number of aromatic nitrogens is 2. The molecular formula is C29H31N3O4S2. The molecule has 0 aliphatic heterocycles. The minimum absolute atomic E-state index is 0.0800. The number of sulfonamides is 1. The van der Waals surface area contributed by atoms with Crippen molar-refractivity contribution >= 4 is 27.8 Å². The van der Waals surface area contributed by atoms with Crippen molar-refractivity contribution in [1.29, 1.82) is 0 Å². The zero-order valence-corrected chi connectivity index (χ0v) is 23.1. The Balaban J connectivity index is 1.73. The molecule has 3 aromatic carbocycles. The molecular weight excluding hydrogens is 518 g/mol. The highest BCUT2D eigenvalue weighted by Crippen LogP contribution is 2.32. The number of carbonyl (C=O) groups excluding carboxylic acids is 1. The van der Waals surface area contributed by atoms with Crippen LogP contribution in [0, 0.1) is 0 Å². The summed E-state index contributed by atoms with van der Waals surface area (Å²) < 4.78 is 31.5. The molecule has 0 atom stereocenters. The molecule has 0 spiro atoms. The molecule has 198 valence electrons. The summed E-state index contributed by atoms with van der Waals surface area (Å²) in [4.78, 5) is 19.1. The number of rotatable bonds is 11. The second kappa shape index (κ2) is 12.4. The first-order chi connectivity index (χ1) is 18.3. The van der Waals surface area contributed by atoms with E-state index in [4.69, 9.17) is 14.9 Å². The van der Waals surface area contributed by atoms with Crippen LogP contribution in [-0.4, -0.2) is 30.5 Å². The van der Waals surface area contributed by atoms with Crippen molar-refractivity contribution in [3.8, 4) is 11.1 Å². The summed E-state index contributed by atoms with van der Waals surface area (Å²) in [6, 6.07) is 24.1. The van der Waals surface area contributed by atoms with Crippen LogP contribution in [0.5, 0.6) is 0 Å². The number of nitrogens with zero attached hydrogens (tertiary/aromatic N) is 2. The van der Waals surface area contributed by atoms with Crippen LogP contribution < -0.4 is 5.14 Å². The average molecular weight is 550 g/mol. The van der Waals surface area contributed by atoms with E-state index in [0.717, 1.165) is 41.1 Å². The second-order valence-electron chi connectivity index (χ2n) is 8.75. The summed E-state index contributed by atoms with van der Waals surface area (Å²) in [5.74, 6) is 0.428. The summed E-state index contributed by atoms with van der Waals surface area (Å²) in [6.45, 7) is 4.60. The molecule has 0 amide bonds. The number of primary sulfonamides is 1. The normalized spacial score (nSPS) is 11.4. The van der Waals surface area contributed by atoms with Gasteiger partial charge in [-0.2, -0.15) is 0 Å². The van der Waals surface area contributed by atoms with Crippen molar-refractivity contribution in [2.45, 2.75) is 54.5 Å². The quantitative estimate of drug-likeness (QED) is 0.233. The van der Waals surface area contributed by atoms with Crippen LogP contribution in [0.3, 0.4) is 0 Å². The zero-order valence-electron chi connectivity index (χ0n) is 21.5. The van der Waals surface area contributed by atoms with Crippen molar-refractivity contribution < 1.29 is 17.9 Å². The molecule has 4 aromatic rings. The van der Waals surface area contributed by atoms with Gasteiger partial charge >= 0.3 is 5.97 Å². The Morgan fingerprint density at radius 1 is 0.974 bits per heavy atom. The third-order valence-electron chi connectivity index (χ3n) is 5.99. The fourth-order valence-corrected chi connectivity index (χ4v) is 5.88. The fourth-order valence-electron chi connectivity index (χ4n) is 4.16. The first-order valence-corrected chi connectivity index (χ1v) is 14.9. The molecule has 1 heterocycles. The standard InChI is InChI=1S/C29H31N3O4S2/c1-3-5-15-26-31-28(37-23-11-7-6-8-12-23)27(29(33)36-4-2)32(26)20-21-16-18-22(19-17-21)24-13-9-10-14-25(24)38(30,34)35/h6-14,16-19H,3-5,15,20H2,1-2H3,(H2,30,34,35). The molecule has 0 saturated carbocycles. The lowest BCUT2D eigenvalue weighted by Crippen LogP contribution is -2.16. The molecule has 0 radical (unpaired) electrons. The summed E-state index contributed by atoms with van der Waals surface area (Å²) in [5, 5.41) is 6.05. The van der Waals surface area contributed by atoms with Gasteiger partial charge < -0.3 is 9.30 Å². The minimum Gasteiger partial charge on any atom is -0.461 e. The Morgan fingerprint density at radius 3 is 2.32 bits per heavy atom. The van der Waals surface area contributed by atoms with E-state index in [1.54, 1.807) is 25.1 Å². The average Bonchev–Trinajstić information content (AvgIpc) is 3.24. The Morgan fingerprint density at radius 2 is 1.66 bits per heavy atom. The van der Waals surface area contributed by atoms with Crippen molar-refractivity contribution in [1.82, 2.24) is 9.55 Å². The highest BCUT2D eigenvalue weighted by Gasteiger charge is 2.25. The van der Waals surface area contributed by atoms with E-state index in [0.29, 0.717) is 22.8 Å². The van der Waals surface area contributed by atoms with Gasteiger partial charge in [0.25, 0.3) is 0 Å². The van der Waals surface area contributed by atoms with E-state index in [2.05, 4.69) is 6.92 Å². The molecule has 38 heavy (non-hydrogen) atoms. The first kappa shape index (κ1) is 27.6. The van der Waals surface area contributed by atoms with Gasteiger partial charge in [-0.25, -0.2) is 23.3 Å². The lowest BCUT2D eigenvalue weighted by molar-refractivity contribution is 0.0509. The molecule has 0 unspecified atom stereocenters. The molecule has 4 rings (SSSR count). The number of nitrogens with two attached hydrogens (primary N) is 1. The molecule has 0 saturated heterocycles. The highest BCUT2D eigenvalue weighted by atomic mass is 32.2. The van der Waals surface area contributed by atoms with E-state index in [9.17, 15) is 13.2 Å². The summed E-state index contributed by atoms with van der Waals surface area (Å²) >= 11 is 1.45. The van der Waals surface area contributed by atoms with Gasteiger partial charge in [0.1, 0.15) is 10.9 Å². The monoisotopic (exact) mass is 549 g/mol. The third kappa shape index (κ3) is 6.53. The van der Waals surface area contributed by atoms with E-state index >= 15 is 0 Å². The Hall–Kier alpha value is -3.40. The number of carbonyl (C=O) groups is 1. The molecule has 0 bridgehead atoms. The summed E-state index contributed by atoms with van der Waals surface area (Å²) in [5.41, 5.74) is 2.66. The lowest BCUT2D eigenvalue weighted by atomic mass is 10.0. The number of aryl methyl sites for hydroxylation is 1. The highest BCUT2D eigenvalue weighted by molar-refractivity contribution is 7.99. The van der Waals surface area contributed by atoms with Crippen molar-refractivity contribution in [3.05, 3.63) is 95.9 Å². The molecule has 9 heteroatoms. The van der Waals surface area contributed by atoms with Crippen LogP contribution in [0.1, 0.15) is 48.6 Å². The maximum atomic E-state index is 13.2. The van der Waals surface area contributed by atoms with Crippen molar-refractivity contribution in [2.75, 3.05) is 6.61 Å². The maximum Gasteiger partial charge on any atom is 0.357 e. The Labute approximate surface area is 228 Å². The van der Waals surface area contributed by atoms with Gasteiger partial charge in [-0.1, -0.05) is 85.8 Å². The predicted octanol–water partition coefficient (Wildman–Crippen LogP) is 5.92. The third-order valence-corrected chi connectivity index (χ3v) is 7.95. The molecule has 2 N–H and O–H groups in total. The van der Waals surface area contributed by atoms with E-state index in [1.807, 2.05) is 59.2 Å². The number of hydrogen-bond donors (Lipinski definition) is 1. The van der Waals surface area contributed by atoms with E-state index in [1.165, 1.54) is 17.8 Å².